The number of allylic oxidation sites excluding steroid dienone is 1. The van der Waals surface area contributed by atoms with E-state index in [9.17, 15) is 9.59 Å². The van der Waals surface area contributed by atoms with Gasteiger partial charge in [0.15, 0.2) is 5.78 Å². The summed E-state index contributed by atoms with van der Waals surface area (Å²) in [6.45, 7) is 2.76. The van der Waals surface area contributed by atoms with Crippen molar-refractivity contribution in [1.82, 2.24) is 9.88 Å². The minimum atomic E-state index is -0.323. The van der Waals surface area contributed by atoms with Gasteiger partial charge in [0.25, 0.3) is 0 Å². The summed E-state index contributed by atoms with van der Waals surface area (Å²) in [7, 11) is 3.49. The number of methoxy groups -OCH3 is 1. The van der Waals surface area contributed by atoms with Crippen molar-refractivity contribution in [1.29, 1.82) is 0 Å². The van der Waals surface area contributed by atoms with Crippen molar-refractivity contribution < 1.29 is 14.3 Å². The first-order valence-corrected chi connectivity index (χ1v) is 9.11. The highest BCUT2D eigenvalue weighted by Gasteiger charge is 2.46. The number of aromatic amines is 1. The van der Waals surface area contributed by atoms with E-state index < -0.39 is 0 Å². The second-order valence-corrected chi connectivity index (χ2v) is 7.36. The molecule has 1 aromatic heterocycles. The molecule has 26 heavy (non-hydrogen) atoms. The smallest absolute Gasteiger partial charge is 0.310 e. The third kappa shape index (κ3) is 2.50. The molecule has 1 aliphatic carbocycles. The Balaban J connectivity index is 1.91. The van der Waals surface area contributed by atoms with Crippen LogP contribution in [0.15, 0.2) is 35.9 Å². The van der Waals surface area contributed by atoms with Crippen LogP contribution >= 0.6 is 0 Å². The van der Waals surface area contributed by atoms with Crippen LogP contribution in [0, 0.1) is 11.8 Å². The number of likely N-dealkylation sites (tertiary alicyclic amines) is 1. The van der Waals surface area contributed by atoms with E-state index in [1.165, 1.54) is 7.11 Å². The van der Waals surface area contributed by atoms with Gasteiger partial charge in [-0.3, -0.25) is 14.5 Å². The summed E-state index contributed by atoms with van der Waals surface area (Å²) >= 11 is 0. The lowest BCUT2D eigenvalue weighted by Crippen LogP contribution is -2.54. The Labute approximate surface area is 153 Å². The number of likely N-dealkylation sites (N-methyl/N-ethyl adjacent to an activating group) is 1. The molecule has 4 rings (SSSR count). The molecule has 1 fully saturated rings. The third-order valence-corrected chi connectivity index (χ3v) is 6.08. The first kappa shape index (κ1) is 17.0. The summed E-state index contributed by atoms with van der Waals surface area (Å²) in [6.07, 6.45) is 3.05. The number of benzene rings is 1. The van der Waals surface area contributed by atoms with Crippen LogP contribution in [0.1, 0.15) is 29.4 Å². The summed E-state index contributed by atoms with van der Waals surface area (Å²) < 4.78 is 5.14. The highest BCUT2D eigenvalue weighted by atomic mass is 16.5. The number of aromatic nitrogens is 1. The predicted octanol–water partition coefficient (Wildman–Crippen LogP) is 2.96. The van der Waals surface area contributed by atoms with Gasteiger partial charge in [-0.05, 0) is 32.0 Å². The number of hydrogen-bond acceptors (Lipinski definition) is 4. The number of H-pyrrole nitrogens is 1. The lowest BCUT2D eigenvalue weighted by atomic mass is 9.70. The molecular formula is C21H24N2O3. The number of fused-ring (bicyclic) bond motifs is 5. The van der Waals surface area contributed by atoms with Gasteiger partial charge in [0, 0.05) is 35.8 Å². The third-order valence-electron chi connectivity index (χ3n) is 6.08. The number of rotatable bonds is 1. The molecule has 0 radical (unpaired) electrons. The Kier molecular flexibility index (Phi) is 4.19. The van der Waals surface area contributed by atoms with Crippen LogP contribution in [-0.2, 0) is 16.0 Å². The van der Waals surface area contributed by atoms with Crippen LogP contribution in [-0.4, -0.2) is 48.4 Å². The maximum atomic E-state index is 13.1. The van der Waals surface area contributed by atoms with E-state index in [-0.39, 0.29) is 29.6 Å². The highest BCUT2D eigenvalue weighted by molar-refractivity contribution is 6.03. The van der Waals surface area contributed by atoms with Crippen LogP contribution in [0.5, 0.6) is 0 Å². The number of ketones is 1. The number of carbonyl (C=O) groups excluding carboxylic acids is 2. The molecule has 0 saturated carbocycles. The zero-order valence-electron chi connectivity index (χ0n) is 15.4. The Morgan fingerprint density at radius 2 is 2.08 bits per heavy atom. The van der Waals surface area contributed by atoms with Gasteiger partial charge in [0.1, 0.15) is 0 Å². The average Bonchev–Trinajstić information content (AvgIpc) is 3.01. The Bertz CT molecular complexity index is 911. The lowest BCUT2D eigenvalue weighted by Gasteiger charge is -2.45. The van der Waals surface area contributed by atoms with Crippen LogP contribution in [0.25, 0.3) is 10.9 Å². The summed E-state index contributed by atoms with van der Waals surface area (Å²) in [6, 6.07) is 8.02. The van der Waals surface area contributed by atoms with Crippen molar-refractivity contribution in [3.8, 4) is 0 Å². The minimum Gasteiger partial charge on any atom is -0.469 e. The lowest BCUT2D eigenvalue weighted by molar-refractivity contribution is -0.150. The summed E-state index contributed by atoms with van der Waals surface area (Å²) in [5, 5.41) is 1.07. The minimum absolute atomic E-state index is 0.0159. The molecule has 2 aromatic rings. The standard InChI is InChI=1S/C21H24N2O3/c1-4-12-11-23(2)17-9-15-13-7-5-6-8-16(13)22-20(15)18(24)10-14(12)19(17)21(25)26-3/h4-8,14,17,19,22H,9-11H2,1-3H3/t14-,17-,19+/m1/s1. The molecule has 2 bridgehead atoms. The van der Waals surface area contributed by atoms with Crippen molar-refractivity contribution in [2.75, 3.05) is 20.7 Å². The first-order valence-electron chi connectivity index (χ1n) is 9.11. The van der Waals surface area contributed by atoms with E-state index in [1.54, 1.807) is 0 Å². The molecule has 3 atom stereocenters. The molecular weight excluding hydrogens is 328 g/mol. The molecule has 5 heteroatoms. The Hall–Kier alpha value is -2.40. The number of nitrogens with one attached hydrogen (secondary N) is 1. The molecule has 1 aliphatic heterocycles. The van der Waals surface area contributed by atoms with E-state index in [4.69, 9.17) is 4.74 Å². The number of Topliss-reactive ketones (excluding diaryl/α,β-unsaturated/α-hetero) is 1. The van der Waals surface area contributed by atoms with Crippen molar-refractivity contribution in [3.05, 3.63) is 47.2 Å². The van der Waals surface area contributed by atoms with E-state index in [0.29, 0.717) is 18.5 Å². The van der Waals surface area contributed by atoms with Gasteiger partial charge in [-0.2, -0.15) is 0 Å². The monoisotopic (exact) mass is 352 g/mol. The van der Waals surface area contributed by atoms with Crippen LogP contribution in [0.4, 0.5) is 0 Å². The van der Waals surface area contributed by atoms with E-state index in [0.717, 1.165) is 28.6 Å². The topological polar surface area (TPSA) is 62.4 Å². The average molecular weight is 352 g/mol. The van der Waals surface area contributed by atoms with Gasteiger partial charge in [-0.1, -0.05) is 29.8 Å². The van der Waals surface area contributed by atoms with E-state index in [1.807, 2.05) is 37.3 Å². The summed E-state index contributed by atoms with van der Waals surface area (Å²) in [4.78, 5) is 31.3. The zero-order chi connectivity index (χ0) is 18.4. The quantitative estimate of drug-likeness (QED) is 0.633. The van der Waals surface area contributed by atoms with Crippen LogP contribution < -0.4 is 0 Å². The molecule has 1 aromatic carbocycles. The van der Waals surface area contributed by atoms with Crippen LogP contribution in [0.3, 0.4) is 0 Å². The molecule has 5 nitrogen and oxygen atoms in total. The fourth-order valence-corrected chi connectivity index (χ4v) is 4.76. The van der Waals surface area contributed by atoms with Gasteiger partial charge in [-0.15, -0.1) is 0 Å². The van der Waals surface area contributed by atoms with Gasteiger partial charge in [-0.25, -0.2) is 0 Å². The fraction of sp³-hybridized carbons (Fsp3) is 0.429. The maximum Gasteiger partial charge on any atom is 0.310 e. The molecule has 0 amide bonds. The predicted molar refractivity (Wildman–Crippen MR) is 100 cm³/mol. The zero-order valence-corrected chi connectivity index (χ0v) is 15.4. The van der Waals surface area contributed by atoms with Crippen molar-refractivity contribution in [2.45, 2.75) is 25.8 Å². The van der Waals surface area contributed by atoms with Gasteiger partial charge >= 0.3 is 5.97 Å². The number of ether oxygens (including phenoxy) is 1. The van der Waals surface area contributed by atoms with Gasteiger partial charge in [0.05, 0.1) is 18.7 Å². The molecule has 2 aliphatic rings. The second-order valence-electron chi connectivity index (χ2n) is 7.36. The van der Waals surface area contributed by atoms with Crippen molar-refractivity contribution in [2.24, 2.45) is 11.8 Å². The maximum absolute atomic E-state index is 13.1. The number of esters is 1. The second kappa shape index (κ2) is 6.40. The molecule has 1 N–H and O–H groups in total. The normalized spacial score (nSPS) is 27.9. The molecule has 136 valence electrons. The SMILES string of the molecule is CC=C1CN(C)[C@@H]2Cc3c([nH]c4ccccc34)C(=O)C[C@H]1[C@@H]2C(=O)OC. The number of para-hydroxylation sites is 1. The van der Waals surface area contributed by atoms with Gasteiger partial charge < -0.3 is 9.72 Å². The molecule has 2 heterocycles. The van der Waals surface area contributed by atoms with Crippen molar-refractivity contribution in [3.63, 3.8) is 0 Å². The van der Waals surface area contributed by atoms with E-state index in [2.05, 4.69) is 16.9 Å². The number of carbonyl (C=O) groups is 2. The summed E-state index contributed by atoms with van der Waals surface area (Å²) in [5.74, 6) is -0.559. The number of nitrogens with zero attached hydrogens (tertiary/aromatic N) is 1. The van der Waals surface area contributed by atoms with E-state index >= 15 is 0 Å². The first-order chi connectivity index (χ1) is 12.5. The highest BCUT2D eigenvalue weighted by Crippen LogP contribution is 2.41. The fourth-order valence-electron chi connectivity index (χ4n) is 4.76. The number of hydrogen-bond donors (Lipinski definition) is 1. The largest absolute Gasteiger partial charge is 0.469 e. The Morgan fingerprint density at radius 3 is 2.81 bits per heavy atom. The Morgan fingerprint density at radius 1 is 1.31 bits per heavy atom. The van der Waals surface area contributed by atoms with Crippen molar-refractivity contribution >= 4 is 22.7 Å². The van der Waals surface area contributed by atoms with Gasteiger partial charge in [0.2, 0.25) is 0 Å². The molecule has 1 saturated heterocycles. The van der Waals surface area contributed by atoms with Crippen LogP contribution in [0.2, 0.25) is 0 Å². The summed E-state index contributed by atoms with van der Waals surface area (Å²) in [5.41, 5.74) is 3.85. The molecule has 0 unspecified atom stereocenters. The molecule has 0 spiro atoms. The number of piperidine rings is 1.